The fraction of sp³-hybridized carbons (Fsp3) is 0.600. The van der Waals surface area contributed by atoms with Crippen molar-refractivity contribution < 1.29 is 4.74 Å². The van der Waals surface area contributed by atoms with Gasteiger partial charge in [-0.3, -0.25) is 0 Å². The second kappa shape index (κ2) is 5.29. The summed E-state index contributed by atoms with van der Waals surface area (Å²) >= 11 is 0. The zero-order valence-corrected chi connectivity index (χ0v) is 11.6. The van der Waals surface area contributed by atoms with Crippen LogP contribution in [0.2, 0.25) is 0 Å². The van der Waals surface area contributed by atoms with Gasteiger partial charge in [0, 0.05) is 11.5 Å². The van der Waals surface area contributed by atoms with Crippen LogP contribution < -0.4 is 15.8 Å². The molecule has 0 aliphatic heterocycles. The molecule has 0 radical (unpaired) electrons. The Labute approximate surface area is 110 Å². The number of rotatable bonds is 6. The van der Waals surface area contributed by atoms with Gasteiger partial charge in [-0.25, -0.2) is 0 Å². The topological polar surface area (TPSA) is 47.3 Å². The van der Waals surface area contributed by atoms with Gasteiger partial charge < -0.3 is 15.8 Å². The average molecular weight is 248 g/mol. The summed E-state index contributed by atoms with van der Waals surface area (Å²) in [6, 6.07) is 8.75. The lowest BCUT2D eigenvalue weighted by Gasteiger charge is -2.26. The molecule has 1 fully saturated rings. The number of hydrogen-bond donors (Lipinski definition) is 2. The van der Waals surface area contributed by atoms with E-state index in [-0.39, 0.29) is 11.5 Å². The standard InChI is InChI=1S/C15H24N2O/c1-11(2)18-13-6-4-12(5-7-13)14(17-3)15(10-16)8-9-15/h4-7,11,14,17H,8-10,16H2,1-3H3. The van der Waals surface area contributed by atoms with E-state index < -0.39 is 0 Å². The molecule has 0 heterocycles. The molecular formula is C15H24N2O. The van der Waals surface area contributed by atoms with Crippen molar-refractivity contribution in [3.63, 3.8) is 0 Å². The number of hydrogen-bond acceptors (Lipinski definition) is 3. The highest BCUT2D eigenvalue weighted by molar-refractivity contribution is 5.31. The molecule has 2 rings (SSSR count). The van der Waals surface area contributed by atoms with Crippen LogP contribution in [0.4, 0.5) is 0 Å². The van der Waals surface area contributed by atoms with Crippen molar-refractivity contribution in [3.05, 3.63) is 29.8 Å². The highest BCUT2D eigenvalue weighted by Crippen LogP contribution is 2.53. The molecule has 0 amide bonds. The van der Waals surface area contributed by atoms with E-state index >= 15 is 0 Å². The summed E-state index contributed by atoms with van der Waals surface area (Å²) in [6.07, 6.45) is 2.66. The zero-order valence-electron chi connectivity index (χ0n) is 11.6. The van der Waals surface area contributed by atoms with Gasteiger partial charge in [0.2, 0.25) is 0 Å². The summed E-state index contributed by atoms with van der Waals surface area (Å²) in [6.45, 7) is 4.83. The van der Waals surface area contributed by atoms with Crippen LogP contribution in [-0.4, -0.2) is 19.7 Å². The van der Waals surface area contributed by atoms with Crippen molar-refractivity contribution in [2.24, 2.45) is 11.1 Å². The van der Waals surface area contributed by atoms with Crippen molar-refractivity contribution >= 4 is 0 Å². The summed E-state index contributed by atoms with van der Waals surface area (Å²) in [7, 11) is 2.01. The van der Waals surface area contributed by atoms with Gasteiger partial charge >= 0.3 is 0 Å². The predicted molar refractivity (Wildman–Crippen MR) is 74.7 cm³/mol. The average Bonchev–Trinajstić information content (AvgIpc) is 3.13. The summed E-state index contributed by atoms with van der Waals surface area (Å²) in [5, 5.41) is 3.41. The maximum absolute atomic E-state index is 5.91. The van der Waals surface area contributed by atoms with E-state index in [4.69, 9.17) is 10.5 Å². The van der Waals surface area contributed by atoms with Crippen molar-refractivity contribution in [2.45, 2.75) is 38.8 Å². The number of nitrogens with one attached hydrogen (secondary N) is 1. The van der Waals surface area contributed by atoms with E-state index in [1.807, 2.05) is 33.0 Å². The third kappa shape index (κ3) is 2.68. The van der Waals surface area contributed by atoms with Crippen LogP contribution in [-0.2, 0) is 0 Å². The van der Waals surface area contributed by atoms with Gasteiger partial charge in [0.15, 0.2) is 0 Å². The summed E-state index contributed by atoms with van der Waals surface area (Å²) in [4.78, 5) is 0. The molecule has 0 spiro atoms. The monoisotopic (exact) mass is 248 g/mol. The van der Waals surface area contributed by atoms with Crippen molar-refractivity contribution in [2.75, 3.05) is 13.6 Å². The third-order valence-corrected chi connectivity index (χ3v) is 3.79. The van der Waals surface area contributed by atoms with E-state index in [1.165, 1.54) is 18.4 Å². The smallest absolute Gasteiger partial charge is 0.119 e. The van der Waals surface area contributed by atoms with Gasteiger partial charge in [-0.15, -0.1) is 0 Å². The van der Waals surface area contributed by atoms with Gasteiger partial charge in [0.05, 0.1) is 6.10 Å². The lowest BCUT2D eigenvalue weighted by Crippen LogP contribution is -2.32. The van der Waals surface area contributed by atoms with E-state index in [2.05, 4.69) is 17.4 Å². The Balaban J connectivity index is 2.12. The molecule has 1 aromatic carbocycles. The molecule has 1 saturated carbocycles. The minimum atomic E-state index is 0.217. The van der Waals surface area contributed by atoms with E-state index in [0.29, 0.717) is 6.04 Å². The minimum Gasteiger partial charge on any atom is -0.491 e. The molecule has 1 unspecified atom stereocenters. The van der Waals surface area contributed by atoms with Crippen molar-refractivity contribution in [1.29, 1.82) is 0 Å². The first-order valence-corrected chi connectivity index (χ1v) is 6.75. The molecule has 0 saturated heterocycles. The van der Waals surface area contributed by atoms with Gasteiger partial charge in [0.1, 0.15) is 5.75 Å². The lowest BCUT2D eigenvalue weighted by molar-refractivity contribution is 0.242. The summed E-state index contributed by atoms with van der Waals surface area (Å²) in [5.74, 6) is 0.932. The Morgan fingerprint density at radius 2 is 1.89 bits per heavy atom. The largest absolute Gasteiger partial charge is 0.491 e. The molecular weight excluding hydrogens is 224 g/mol. The van der Waals surface area contributed by atoms with Gasteiger partial charge in [-0.2, -0.15) is 0 Å². The van der Waals surface area contributed by atoms with Crippen molar-refractivity contribution in [1.82, 2.24) is 5.32 Å². The Bertz CT molecular complexity index is 382. The summed E-state index contributed by atoms with van der Waals surface area (Å²) < 4.78 is 5.67. The van der Waals surface area contributed by atoms with E-state index in [0.717, 1.165) is 12.3 Å². The Kier molecular flexibility index (Phi) is 3.93. The van der Waals surface area contributed by atoms with E-state index in [1.54, 1.807) is 0 Å². The molecule has 1 aromatic rings. The molecule has 18 heavy (non-hydrogen) atoms. The maximum Gasteiger partial charge on any atom is 0.119 e. The maximum atomic E-state index is 5.91. The molecule has 0 aromatic heterocycles. The highest BCUT2D eigenvalue weighted by atomic mass is 16.5. The second-order valence-corrected chi connectivity index (χ2v) is 5.52. The van der Waals surface area contributed by atoms with E-state index in [9.17, 15) is 0 Å². The molecule has 100 valence electrons. The molecule has 3 N–H and O–H groups in total. The summed E-state index contributed by atoms with van der Waals surface area (Å²) in [5.41, 5.74) is 7.49. The first-order valence-electron chi connectivity index (χ1n) is 6.75. The molecule has 3 heteroatoms. The number of benzene rings is 1. The fourth-order valence-corrected chi connectivity index (χ4v) is 2.61. The second-order valence-electron chi connectivity index (χ2n) is 5.52. The van der Waals surface area contributed by atoms with Gasteiger partial charge in [-0.05, 0) is 58.0 Å². The molecule has 1 aliphatic rings. The van der Waals surface area contributed by atoms with Crippen LogP contribution in [0.3, 0.4) is 0 Å². The number of nitrogens with two attached hydrogens (primary N) is 1. The normalized spacial score (nSPS) is 18.7. The third-order valence-electron chi connectivity index (χ3n) is 3.79. The number of ether oxygens (including phenoxy) is 1. The Hall–Kier alpha value is -1.06. The SMILES string of the molecule is CNC(c1ccc(OC(C)C)cc1)C1(CN)CC1. The van der Waals surface area contributed by atoms with Crippen LogP contribution in [0.1, 0.15) is 38.3 Å². The Morgan fingerprint density at radius 3 is 2.28 bits per heavy atom. The molecule has 0 bridgehead atoms. The minimum absolute atomic E-state index is 0.217. The molecule has 1 aliphatic carbocycles. The predicted octanol–water partition coefficient (Wildman–Crippen LogP) is 2.47. The van der Waals surface area contributed by atoms with Crippen LogP contribution in [0.15, 0.2) is 24.3 Å². The first-order chi connectivity index (χ1) is 8.61. The fourth-order valence-electron chi connectivity index (χ4n) is 2.61. The van der Waals surface area contributed by atoms with Gasteiger partial charge in [-0.1, -0.05) is 12.1 Å². The quantitative estimate of drug-likeness (QED) is 0.813. The first kappa shape index (κ1) is 13.4. The van der Waals surface area contributed by atoms with Crippen LogP contribution in [0.5, 0.6) is 5.75 Å². The van der Waals surface area contributed by atoms with Crippen LogP contribution in [0, 0.1) is 5.41 Å². The lowest BCUT2D eigenvalue weighted by atomic mass is 9.90. The zero-order chi connectivity index (χ0) is 13.2. The molecule has 1 atom stereocenters. The Morgan fingerprint density at radius 1 is 1.28 bits per heavy atom. The van der Waals surface area contributed by atoms with Crippen molar-refractivity contribution in [3.8, 4) is 5.75 Å². The highest BCUT2D eigenvalue weighted by Gasteiger charge is 2.48. The van der Waals surface area contributed by atoms with Gasteiger partial charge in [0.25, 0.3) is 0 Å². The van der Waals surface area contributed by atoms with Crippen LogP contribution >= 0.6 is 0 Å². The molecule has 3 nitrogen and oxygen atoms in total. The van der Waals surface area contributed by atoms with Crippen LogP contribution in [0.25, 0.3) is 0 Å².